The van der Waals surface area contributed by atoms with Gasteiger partial charge in [0.05, 0.1) is 0 Å². The number of piperazine rings is 1. The number of nitrogens with zero attached hydrogens (tertiary/aromatic N) is 2. The van der Waals surface area contributed by atoms with Crippen molar-refractivity contribution in [1.29, 1.82) is 0 Å². The molecule has 0 bridgehead atoms. The van der Waals surface area contributed by atoms with Crippen LogP contribution in [0.3, 0.4) is 0 Å². The zero-order chi connectivity index (χ0) is 18.4. The highest BCUT2D eigenvalue weighted by Crippen LogP contribution is 2.25. The normalized spacial score (nSPS) is 22.6. The van der Waals surface area contributed by atoms with Gasteiger partial charge in [0, 0.05) is 45.7 Å². The minimum absolute atomic E-state index is 0. The molecule has 0 spiro atoms. The molecule has 0 aromatic heterocycles. The highest BCUT2D eigenvalue weighted by molar-refractivity contribution is 5.88. The summed E-state index contributed by atoms with van der Waals surface area (Å²) in [6.07, 6.45) is -2.16. The van der Waals surface area contributed by atoms with Crippen LogP contribution < -0.4 is 10.6 Å². The lowest BCUT2D eigenvalue weighted by atomic mass is 10.1. The van der Waals surface area contributed by atoms with Gasteiger partial charge in [-0.25, -0.2) is 0 Å². The van der Waals surface area contributed by atoms with Crippen LogP contribution >= 0.6 is 12.4 Å². The molecule has 2 amide bonds. The molecule has 10 heteroatoms. The fourth-order valence-corrected chi connectivity index (χ4v) is 3.46. The molecule has 2 saturated heterocycles. The maximum atomic E-state index is 13.4. The molecule has 26 heavy (non-hydrogen) atoms. The second kappa shape index (κ2) is 10.3. The van der Waals surface area contributed by atoms with Crippen LogP contribution in [-0.2, 0) is 9.59 Å². The Morgan fingerprint density at radius 1 is 1.23 bits per heavy atom. The van der Waals surface area contributed by atoms with Crippen LogP contribution in [0.15, 0.2) is 0 Å². The Hall–Kier alpha value is -1.06. The van der Waals surface area contributed by atoms with E-state index in [0.29, 0.717) is 58.4 Å². The second-order valence-electron chi connectivity index (χ2n) is 6.58. The Morgan fingerprint density at radius 2 is 1.88 bits per heavy atom. The first-order valence-electron chi connectivity index (χ1n) is 8.93. The molecule has 0 saturated carbocycles. The Morgan fingerprint density at radius 3 is 2.46 bits per heavy atom. The van der Waals surface area contributed by atoms with E-state index in [0.717, 1.165) is 0 Å². The van der Waals surface area contributed by atoms with Gasteiger partial charge in [-0.05, 0) is 19.3 Å². The Bertz CT molecular complexity index is 473. The minimum Gasteiger partial charge on any atom is -0.352 e. The fourth-order valence-electron chi connectivity index (χ4n) is 3.46. The van der Waals surface area contributed by atoms with E-state index in [1.54, 1.807) is 0 Å². The van der Waals surface area contributed by atoms with Crippen LogP contribution in [0.2, 0.25) is 0 Å². The van der Waals surface area contributed by atoms with Crippen LogP contribution in [0.4, 0.5) is 13.2 Å². The maximum absolute atomic E-state index is 13.4. The number of amides is 2. The number of hydrogen-bond donors (Lipinski definition) is 2. The van der Waals surface area contributed by atoms with Crippen molar-refractivity contribution in [2.24, 2.45) is 0 Å². The first-order chi connectivity index (χ1) is 11.8. The van der Waals surface area contributed by atoms with Crippen molar-refractivity contribution in [2.45, 2.75) is 50.9 Å². The van der Waals surface area contributed by atoms with Gasteiger partial charge in [0.25, 0.3) is 0 Å². The number of carbonyl (C=O) groups excluding carboxylic acids is 2. The standard InChI is InChI=1S/C16H27F3N4O2.ClH/c1-2-4-14(24)23-8-3-5-12(23)15(25)21-11-13(16(17,18)19)22-9-6-20-7-10-22;/h12-13,20H,2-11H2,1H3,(H,21,25);1H. The van der Waals surface area contributed by atoms with E-state index >= 15 is 0 Å². The van der Waals surface area contributed by atoms with Crippen LogP contribution in [0.5, 0.6) is 0 Å². The van der Waals surface area contributed by atoms with Crippen molar-refractivity contribution in [2.75, 3.05) is 39.3 Å². The zero-order valence-electron chi connectivity index (χ0n) is 15.0. The van der Waals surface area contributed by atoms with Crippen molar-refractivity contribution < 1.29 is 22.8 Å². The SMILES string of the molecule is CCCC(=O)N1CCCC1C(=O)NCC(N1CCNCC1)C(F)(F)F.Cl. The highest BCUT2D eigenvalue weighted by Gasteiger charge is 2.44. The zero-order valence-corrected chi connectivity index (χ0v) is 15.8. The van der Waals surface area contributed by atoms with E-state index in [-0.39, 0.29) is 18.3 Å². The fraction of sp³-hybridized carbons (Fsp3) is 0.875. The molecule has 2 heterocycles. The van der Waals surface area contributed by atoms with Gasteiger partial charge in [-0.2, -0.15) is 13.2 Å². The first kappa shape index (κ1) is 23.0. The van der Waals surface area contributed by atoms with E-state index in [2.05, 4.69) is 10.6 Å². The molecular weight excluding hydrogens is 373 g/mol. The number of rotatable bonds is 6. The number of alkyl halides is 3. The second-order valence-corrected chi connectivity index (χ2v) is 6.58. The number of likely N-dealkylation sites (tertiary alicyclic amines) is 1. The Balaban J connectivity index is 0.00000338. The molecule has 0 aromatic carbocycles. The lowest BCUT2D eigenvalue weighted by molar-refractivity contribution is -0.184. The predicted molar refractivity (Wildman–Crippen MR) is 94.2 cm³/mol. The maximum Gasteiger partial charge on any atom is 0.405 e. The third-order valence-corrected chi connectivity index (χ3v) is 4.78. The number of carbonyl (C=O) groups is 2. The van der Waals surface area contributed by atoms with Crippen molar-refractivity contribution in [3.05, 3.63) is 0 Å². The summed E-state index contributed by atoms with van der Waals surface area (Å²) in [5, 5.41) is 5.46. The first-order valence-corrected chi connectivity index (χ1v) is 8.93. The van der Waals surface area contributed by atoms with Gasteiger partial charge >= 0.3 is 6.18 Å². The topological polar surface area (TPSA) is 64.7 Å². The van der Waals surface area contributed by atoms with Gasteiger partial charge < -0.3 is 15.5 Å². The molecule has 2 rings (SSSR count). The molecule has 0 aliphatic carbocycles. The van der Waals surface area contributed by atoms with Crippen molar-refractivity contribution in [1.82, 2.24) is 20.4 Å². The molecule has 2 unspecified atom stereocenters. The summed E-state index contributed by atoms with van der Waals surface area (Å²) >= 11 is 0. The smallest absolute Gasteiger partial charge is 0.352 e. The molecule has 2 fully saturated rings. The van der Waals surface area contributed by atoms with Crippen LogP contribution in [0.1, 0.15) is 32.6 Å². The molecule has 152 valence electrons. The van der Waals surface area contributed by atoms with Gasteiger partial charge in [0.15, 0.2) is 0 Å². The summed E-state index contributed by atoms with van der Waals surface area (Å²) in [5.41, 5.74) is 0. The van der Waals surface area contributed by atoms with E-state index in [1.165, 1.54) is 9.80 Å². The Labute approximate surface area is 158 Å². The lowest BCUT2D eigenvalue weighted by Crippen LogP contribution is -2.58. The quantitative estimate of drug-likeness (QED) is 0.702. The number of halogens is 4. The van der Waals surface area contributed by atoms with Crippen LogP contribution in [-0.4, -0.2) is 79.1 Å². The van der Waals surface area contributed by atoms with Crippen molar-refractivity contribution in [3.63, 3.8) is 0 Å². The molecule has 2 N–H and O–H groups in total. The molecule has 2 atom stereocenters. The molecule has 2 aliphatic rings. The molecule has 2 aliphatic heterocycles. The molecule has 0 aromatic rings. The summed E-state index contributed by atoms with van der Waals surface area (Å²) in [7, 11) is 0. The summed E-state index contributed by atoms with van der Waals surface area (Å²) in [5.74, 6) is -0.582. The van der Waals surface area contributed by atoms with Crippen molar-refractivity contribution in [3.8, 4) is 0 Å². The molecule has 0 radical (unpaired) electrons. The predicted octanol–water partition coefficient (Wildman–Crippen LogP) is 1.15. The summed E-state index contributed by atoms with van der Waals surface area (Å²) in [6.45, 7) is 3.50. The summed E-state index contributed by atoms with van der Waals surface area (Å²) in [4.78, 5) is 27.3. The third-order valence-electron chi connectivity index (χ3n) is 4.78. The third kappa shape index (κ3) is 5.99. The Kier molecular flexibility index (Phi) is 9.12. The van der Waals surface area contributed by atoms with Crippen LogP contribution in [0, 0.1) is 0 Å². The number of nitrogens with one attached hydrogen (secondary N) is 2. The molecule has 6 nitrogen and oxygen atoms in total. The van der Waals surface area contributed by atoms with Gasteiger partial charge in [-0.3, -0.25) is 14.5 Å². The van der Waals surface area contributed by atoms with Gasteiger partial charge in [-0.1, -0.05) is 6.92 Å². The average Bonchev–Trinajstić information content (AvgIpc) is 3.04. The minimum atomic E-state index is -4.40. The van der Waals surface area contributed by atoms with Gasteiger partial charge in [-0.15, -0.1) is 12.4 Å². The van der Waals surface area contributed by atoms with Gasteiger partial charge in [0.2, 0.25) is 11.8 Å². The van der Waals surface area contributed by atoms with Gasteiger partial charge in [0.1, 0.15) is 12.1 Å². The molecular formula is C16H28ClF3N4O2. The summed E-state index contributed by atoms with van der Waals surface area (Å²) in [6, 6.07) is -2.34. The van der Waals surface area contributed by atoms with E-state index in [9.17, 15) is 22.8 Å². The van der Waals surface area contributed by atoms with Crippen LogP contribution in [0.25, 0.3) is 0 Å². The highest BCUT2D eigenvalue weighted by atomic mass is 35.5. The summed E-state index contributed by atoms with van der Waals surface area (Å²) < 4.78 is 40.1. The lowest BCUT2D eigenvalue weighted by Gasteiger charge is -2.36. The van der Waals surface area contributed by atoms with E-state index < -0.39 is 30.7 Å². The monoisotopic (exact) mass is 400 g/mol. The number of hydrogen-bond acceptors (Lipinski definition) is 4. The van der Waals surface area contributed by atoms with Crippen molar-refractivity contribution >= 4 is 24.2 Å². The van der Waals surface area contributed by atoms with E-state index in [4.69, 9.17) is 0 Å². The largest absolute Gasteiger partial charge is 0.405 e. The van der Waals surface area contributed by atoms with E-state index in [1.807, 2.05) is 6.92 Å². The average molecular weight is 401 g/mol.